The molecule has 0 unspecified atom stereocenters. The van der Waals surface area contributed by atoms with Crippen LogP contribution in [0.2, 0.25) is 0 Å². The lowest BCUT2D eigenvalue weighted by molar-refractivity contribution is 0.340. The molecule has 2 rings (SSSR count). The predicted molar refractivity (Wildman–Crippen MR) is 69.1 cm³/mol. The van der Waals surface area contributed by atoms with E-state index in [0.717, 1.165) is 22.8 Å². The van der Waals surface area contributed by atoms with Gasteiger partial charge in [-0.2, -0.15) is 5.26 Å². The molecule has 1 aromatic heterocycles. The number of nitriles is 1. The first-order chi connectivity index (χ1) is 8.74. The van der Waals surface area contributed by atoms with Crippen LogP contribution in [0.3, 0.4) is 0 Å². The Hall–Kier alpha value is -2.28. The second-order valence-electron chi connectivity index (χ2n) is 3.96. The fourth-order valence-electron chi connectivity index (χ4n) is 1.85. The van der Waals surface area contributed by atoms with E-state index in [-0.39, 0.29) is 0 Å². The number of ether oxygens (including phenoxy) is 1. The molecule has 0 fully saturated rings. The van der Waals surface area contributed by atoms with E-state index in [2.05, 4.69) is 11.1 Å². The van der Waals surface area contributed by atoms with Crippen molar-refractivity contribution >= 4 is 0 Å². The fraction of sp³-hybridized carbons (Fsp3) is 0.286. The lowest BCUT2D eigenvalue weighted by Crippen LogP contribution is -1.94. The smallest absolute Gasteiger partial charge is 0.140 e. The number of rotatable bonds is 4. The molecule has 0 aliphatic rings. The second kappa shape index (κ2) is 5.37. The van der Waals surface area contributed by atoms with Crippen LogP contribution in [-0.2, 0) is 13.5 Å². The zero-order valence-corrected chi connectivity index (χ0v) is 10.6. The summed E-state index contributed by atoms with van der Waals surface area (Å²) in [6.07, 6.45) is 2.21. The summed E-state index contributed by atoms with van der Waals surface area (Å²) >= 11 is 0. The Bertz CT molecular complexity index is 581. The first-order valence-electron chi connectivity index (χ1n) is 5.87. The van der Waals surface area contributed by atoms with Gasteiger partial charge < -0.3 is 9.30 Å². The van der Waals surface area contributed by atoms with E-state index in [1.807, 2.05) is 49.0 Å². The maximum Gasteiger partial charge on any atom is 0.140 e. The number of imidazole rings is 1. The number of aromatic nitrogens is 2. The molecule has 18 heavy (non-hydrogen) atoms. The Kier molecular flexibility index (Phi) is 3.63. The van der Waals surface area contributed by atoms with Gasteiger partial charge in [0.25, 0.3) is 0 Å². The molecule has 0 atom stereocenters. The van der Waals surface area contributed by atoms with Crippen molar-refractivity contribution in [3.8, 4) is 23.2 Å². The van der Waals surface area contributed by atoms with Crippen LogP contribution in [-0.4, -0.2) is 16.2 Å². The van der Waals surface area contributed by atoms with E-state index in [0.29, 0.717) is 13.0 Å². The maximum atomic E-state index is 8.69. The number of aryl methyl sites for hydroxylation is 1. The quantitative estimate of drug-likeness (QED) is 0.826. The summed E-state index contributed by atoms with van der Waals surface area (Å²) in [5.41, 5.74) is 1.78. The summed E-state index contributed by atoms with van der Waals surface area (Å²) in [4.78, 5) is 4.46. The van der Waals surface area contributed by atoms with Crippen LogP contribution in [0.15, 0.2) is 30.5 Å². The third-order valence-electron chi connectivity index (χ3n) is 2.59. The molecule has 92 valence electrons. The molecule has 0 spiro atoms. The third kappa shape index (κ3) is 2.51. The summed E-state index contributed by atoms with van der Waals surface area (Å²) < 4.78 is 7.40. The van der Waals surface area contributed by atoms with Crippen molar-refractivity contribution in [2.45, 2.75) is 13.3 Å². The normalized spacial score (nSPS) is 10.1. The summed E-state index contributed by atoms with van der Waals surface area (Å²) in [6, 6.07) is 9.92. The van der Waals surface area contributed by atoms with Crippen molar-refractivity contribution < 1.29 is 4.74 Å². The van der Waals surface area contributed by atoms with Crippen LogP contribution in [0.1, 0.15) is 12.6 Å². The Morgan fingerprint density at radius 3 is 3.00 bits per heavy atom. The molecule has 0 bridgehead atoms. The fourth-order valence-corrected chi connectivity index (χ4v) is 1.85. The summed E-state index contributed by atoms with van der Waals surface area (Å²) in [7, 11) is 1.93. The molecule has 1 aromatic carbocycles. The lowest BCUT2D eigenvalue weighted by Gasteiger charge is -2.05. The van der Waals surface area contributed by atoms with Gasteiger partial charge in [-0.15, -0.1) is 0 Å². The van der Waals surface area contributed by atoms with Gasteiger partial charge in [0.2, 0.25) is 0 Å². The molecular weight excluding hydrogens is 226 g/mol. The predicted octanol–water partition coefficient (Wildman–Crippen LogP) is 2.55. The Morgan fingerprint density at radius 1 is 1.44 bits per heavy atom. The summed E-state index contributed by atoms with van der Waals surface area (Å²) in [6.45, 7) is 2.60. The summed E-state index contributed by atoms with van der Waals surface area (Å²) in [5.74, 6) is 1.68. The van der Waals surface area contributed by atoms with E-state index in [9.17, 15) is 0 Å². The van der Waals surface area contributed by atoms with Gasteiger partial charge in [0, 0.05) is 18.8 Å². The largest absolute Gasteiger partial charge is 0.494 e. The van der Waals surface area contributed by atoms with Gasteiger partial charge in [-0.25, -0.2) is 4.98 Å². The minimum atomic E-state index is 0.332. The van der Waals surface area contributed by atoms with Gasteiger partial charge in [0.05, 0.1) is 24.8 Å². The highest BCUT2D eigenvalue weighted by Crippen LogP contribution is 2.23. The molecule has 1 heterocycles. The molecule has 4 heteroatoms. The van der Waals surface area contributed by atoms with Crippen LogP contribution < -0.4 is 4.74 Å². The molecular formula is C14H15N3O. The molecule has 0 aliphatic heterocycles. The van der Waals surface area contributed by atoms with Crippen molar-refractivity contribution in [2.75, 3.05) is 6.61 Å². The van der Waals surface area contributed by atoms with Crippen LogP contribution in [0.5, 0.6) is 5.75 Å². The number of hydrogen-bond donors (Lipinski definition) is 0. The van der Waals surface area contributed by atoms with Crippen LogP contribution in [0.25, 0.3) is 11.4 Å². The van der Waals surface area contributed by atoms with E-state index < -0.39 is 0 Å². The zero-order valence-electron chi connectivity index (χ0n) is 10.6. The van der Waals surface area contributed by atoms with Crippen molar-refractivity contribution in [2.24, 2.45) is 7.05 Å². The van der Waals surface area contributed by atoms with Gasteiger partial charge in [0.1, 0.15) is 11.6 Å². The van der Waals surface area contributed by atoms with E-state index >= 15 is 0 Å². The molecule has 2 aromatic rings. The number of hydrogen-bond acceptors (Lipinski definition) is 3. The maximum absolute atomic E-state index is 8.69. The molecule has 4 nitrogen and oxygen atoms in total. The number of nitrogens with zero attached hydrogens (tertiary/aromatic N) is 3. The first kappa shape index (κ1) is 12.2. The Morgan fingerprint density at radius 2 is 2.28 bits per heavy atom. The molecule has 0 aliphatic carbocycles. The Labute approximate surface area is 106 Å². The van der Waals surface area contributed by atoms with Gasteiger partial charge in [-0.1, -0.05) is 12.1 Å². The average molecular weight is 241 g/mol. The van der Waals surface area contributed by atoms with Crippen LogP contribution in [0.4, 0.5) is 0 Å². The van der Waals surface area contributed by atoms with Gasteiger partial charge in [-0.3, -0.25) is 0 Å². The highest BCUT2D eigenvalue weighted by molar-refractivity contribution is 5.58. The van der Waals surface area contributed by atoms with Crippen molar-refractivity contribution in [1.29, 1.82) is 5.26 Å². The highest BCUT2D eigenvalue weighted by atomic mass is 16.5. The monoisotopic (exact) mass is 241 g/mol. The van der Waals surface area contributed by atoms with Crippen molar-refractivity contribution in [3.63, 3.8) is 0 Å². The van der Waals surface area contributed by atoms with E-state index in [4.69, 9.17) is 10.00 Å². The molecule has 0 radical (unpaired) electrons. The second-order valence-corrected chi connectivity index (χ2v) is 3.96. The minimum absolute atomic E-state index is 0.332. The summed E-state index contributed by atoms with van der Waals surface area (Å²) in [5, 5.41) is 8.69. The van der Waals surface area contributed by atoms with Gasteiger partial charge in [0.15, 0.2) is 0 Å². The number of benzene rings is 1. The van der Waals surface area contributed by atoms with Gasteiger partial charge >= 0.3 is 0 Å². The lowest BCUT2D eigenvalue weighted by atomic mass is 10.2. The minimum Gasteiger partial charge on any atom is -0.494 e. The Balaban J connectivity index is 2.36. The van der Waals surface area contributed by atoms with Crippen molar-refractivity contribution in [3.05, 3.63) is 36.2 Å². The van der Waals surface area contributed by atoms with E-state index in [1.54, 1.807) is 0 Å². The SMILES string of the molecule is CCOc1cccc(-c2nc(CC#N)cn2C)c1. The highest BCUT2D eigenvalue weighted by Gasteiger charge is 2.08. The molecule has 0 saturated heterocycles. The standard InChI is InChI=1S/C14H15N3O/c1-3-18-13-6-4-5-11(9-13)14-16-12(7-8-15)10-17(14)2/h4-6,9-10H,3,7H2,1-2H3. The molecule has 0 N–H and O–H groups in total. The van der Waals surface area contributed by atoms with Crippen molar-refractivity contribution in [1.82, 2.24) is 9.55 Å². The average Bonchev–Trinajstić information content (AvgIpc) is 2.72. The molecule has 0 saturated carbocycles. The molecule has 0 amide bonds. The topological polar surface area (TPSA) is 50.8 Å². The van der Waals surface area contributed by atoms with E-state index in [1.165, 1.54) is 0 Å². The van der Waals surface area contributed by atoms with Gasteiger partial charge in [-0.05, 0) is 19.1 Å². The first-order valence-corrected chi connectivity index (χ1v) is 5.87. The third-order valence-corrected chi connectivity index (χ3v) is 2.59. The zero-order chi connectivity index (χ0) is 13.0. The van der Waals surface area contributed by atoms with Crippen LogP contribution >= 0.6 is 0 Å². The van der Waals surface area contributed by atoms with Crippen LogP contribution in [0, 0.1) is 11.3 Å².